The Morgan fingerprint density at radius 3 is 2.83 bits per heavy atom. The monoisotopic (exact) mass is 347 g/mol. The quantitative estimate of drug-likeness (QED) is 0.842. The van der Waals surface area contributed by atoms with Crippen LogP contribution >= 0.6 is 11.3 Å². The van der Waals surface area contributed by atoms with Gasteiger partial charge in [-0.1, -0.05) is 6.07 Å². The molecule has 1 fully saturated rings. The number of hydrogen-bond donors (Lipinski definition) is 2. The zero-order valence-corrected chi connectivity index (χ0v) is 14.8. The van der Waals surface area contributed by atoms with Crippen LogP contribution in [-0.4, -0.2) is 33.2 Å². The van der Waals surface area contributed by atoms with Crippen molar-refractivity contribution < 1.29 is 19.2 Å². The van der Waals surface area contributed by atoms with Gasteiger partial charge < -0.3 is 19.7 Å². The molecule has 1 aromatic heterocycles. The van der Waals surface area contributed by atoms with Crippen LogP contribution in [0.3, 0.4) is 0 Å². The summed E-state index contributed by atoms with van der Waals surface area (Å²) in [7, 11) is 3.18. The molecule has 1 saturated heterocycles. The van der Waals surface area contributed by atoms with Gasteiger partial charge in [-0.05, 0) is 23.6 Å². The molecule has 1 unspecified atom stereocenters. The average Bonchev–Trinajstić information content (AvgIpc) is 3.25. The lowest BCUT2D eigenvalue weighted by Gasteiger charge is -2.20. The highest BCUT2D eigenvalue weighted by atomic mass is 32.1. The van der Waals surface area contributed by atoms with Crippen molar-refractivity contribution in [2.75, 3.05) is 32.6 Å². The van der Waals surface area contributed by atoms with E-state index in [2.05, 4.69) is 22.8 Å². The standard InChI is InChI=1S/C18H22N2O3S/c1-22-15-8-7-13(11-16(15)23-2)19-18(21)12-20-9-3-5-14(20)17-6-4-10-24-17/h4,6-8,10-11,14H,3,5,9,12H2,1-2H3,(H,19,21)/p+1/t14-/m1/s1. The van der Waals surface area contributed by atoms with Crippen molar-refractivity contribution in [1.82, 2.24) is 0 Å². The molecule has 128 valence electrons. The van der Waals surface area contributed by atoms with Crippen molar-refractivity contribution in [2.24, 2.45) is 0 Å². The summed E-state index contributed by atoms with van der Waals surface area (Å²) in [4.78, 5) is 15.2. The van der Waals surface area contributed by atoms with Crippen LogP contribution in [0.15, 0.2) is 35.7 Å². The van der Waals surface area contributed by atoms with E-state index in [4.69, 9.17) is 9.47 Å². The van der Waals surface area contributed by atoms with Gasteiger partial charge >= 0.3 is 0 Å². The fourth-order valence-electron chi connectivity index (χ4n) is 3.28. The molecule has 1 aromatic carbocycles. The summed E-state index contributed by atoms with van der Waals surface area (Å²) in [5.41, 5.74) is 0.726. The van der Waals surface area contributed by atoms with Crippen LogP contribution in [0, 0.1) is 0 Å². The maximum atomic E-state index is 12.4. The molecule has 1 aliphatic heterocycles. The normalized spacial score (nSPS) is 19.9. The van der Waals surface area contributed by atoms with Crippen molar-refractivity contribution in [2.45, 2.75) is 18.9 Å². The van der Waals surface area contributed by atoms with Gasteiger partial charge in [0.2, 0.25) is 0 Å². The molecule has 2 heterocycles. The van der Waals surface area contributed by atoms with Gasteiger partial charge in [-0.15, -0.1) is 11.3 Å². The third-order valence-corrected chi connectivity index (χ3v) is 5.41. The Morgan fingerprint density at radius 2 is 2.12 bits per heavy atom. The first kappa shape index (κ1) is 16.8. The van der Waals surface area contributed by atoms with Gasteiger partial charge in [-0.3, -0.25) is 4.79 Å². The van der Waals surface area contributed by atoms with Crippen LogP contribution in [-0.2, 0) is 4.79 Å². The fourth-order valence-corrected chi connectivity index (χ4v) is 4.20. The Bertz CT molecular complexity index is 688. The highest BCUT2D eigenvalue weighted by Gasteiger charge is 2.32. The number of nitrogens with one attached hydrogen (secondary N) is 2. The second-order valence-electron chi connectivity index (χ2n) is 5.91. The van der Waals surface area contributed by atoms with E-state index >= 15 is 0 Å². The van der Waals surface area contributed by atoms with E-state index in [0.717, 1.165) is 18.7 Å². The number of rotatable bonds is 6. The molecule has 0 spiro atoms. The minimum absolute atomic E-state index is 0.0284. The number of methoxy groups -OCH3 is 2. The summed E-state index contributed by atoms with van der Waals surface area (Å²) in [6.45, 7) is 1.53. The number of anilines is 1. The first-order chi connectivity index (χ1) is 11.7. The fraction of sp³-hybridized carbons (Fsp3) is 0.389. The second-order valence-corrected chi connectivity index (χ2v) is 6.89. The lowest BCUT2D eigenvalue weighted by molar-refractivity contribution is -0.910. The summed E-state index contributed by atoms with van der Waals surface area (Å²) >= 11 is 1.78. The number of hydrogen-bond acceptors (Lipinski definition) is 4. The van der Waals surface area contributed by atoms with Crippen molar-refractivity contribution in [3.8, 4) is 11.5 Å². The Balaban J connectivity index is 1.63. The van der Waals surface area contributed by atoms with E-state index in [1.807, 2.05) is 6.07 Å². The number of quaternary nitrogens is 1. The summed E-state index contributed by atoms with van der Waals surface area (Å²) in [5, 5.41) is 5.07. The molecular formula is C18H23N2O3S+. The average molecular weight is 347 g/mol. The molecule has 5 nitrogen and oxygen atoms in total. The zero-order chi connectivity index (χ0) is 16.9. The molecule has 2 N–H and O–H groups in total. The van der Waals surface area contributed by atoms with Gasteiger partial charge in [0, 0.05) is 24.6 Å². The molecule has 0 aliphatic carbocycles. The Hall–Kier alpha value is -2.05. The van der Waals surface area contributed by atoms with E-state index in [-0.39, 0.29) is 5.91 Å². The van der Waals surface area contributed by atoms with E-state index in [1.54, 1.807) is 37.7 Å². The highest BCUT2D eigenvalue weighted by Crippen LogP contribution is 2.29. The molecule has 0 radical (unpaired) electrons. The number of carbonyl (C=O) groups excluding carboxylic acids is 1. The van der Waals surface area contributed by atoms with Crippen molar-refractivity contribution in [3.63, 3.8) is 0 Å². The van der Waals surface area contributed by atoms with Crippen LogP contribution in [0.2, 0.25) is 0 Å². The van der Waals surface area contributed by atoms with Crippen molar-refractivity contribution in [3.05, 3.63) is 40.6 Å². The lowest BCUT2D eigenvalue weighted by atomic mass is 10.2. The minimum atomic E-state index is 0.0284. The van der Waals surface area contributed by atoms with Gasteiger partial charge in [0.25, 0.3) is 5.91 Å². The van der Waals surface area contributed by atoms with Crippen LogP contribution in [0.25, 0.3) is 0 Å². The van der Waals surface area contributed by atoms with Gasteiger partial charge in [-0.25, -0.2) is 0 Å². The SMILES string of the molecule is COc1ccc(NC(=O)C[NH+]2CCC[C@@H]2c2cccs2)cc1OC. The maximum absolute atomic E-state index is 12.4. The first-order valence-electron chi connectivity index (χ1n) is 8.11. The molecule has 3 rings (SSSR count). The van der Waals surface area contributed by atoms with E-state index in [9.17, 15) is 4.79 Å². The summed E-state index contributed by atoms with van der Waals surface area (Å²) in [6.07, 6.45) is 2.32. The highest BCUT2D eigenvalue weighted by molar-refractivity contribution is 7.10. The molecular weight excluding hydrogens is 324 g/mol. The summed E-state index contributed by atoms with van der Waals surface area (Å²) in [6, 6.07) is 10.1. The van der Waals surface area contributed by atoms with Crippen LogP contribution in [0.1, 0.15) is 23.8 Å². The predicted octanol–water partition coefficient (Wildman–Crippen LogP) is 2.12. The Labute approximate surface area is 146 Å². The van der Waals surface area contributed by atoms with Crippen LogP contribution in [0.5, 0.6) is 11.5 Å². The number of carbonyl (C=O) groups is 1. The van der Waals surface area contributed by atoms with Crippen LogP contribution in [0.4, 0.5) is 5.69 Å². The number of amides is 1. The number of thiophene rings is 1. The number of likely N-dealkylation sites (tertiary alicyclic amines) is 1. The van der Waals surface area contributed by atoms with Crippen molar-refractivity contribution in [1.29, 1.82) is 0 Å². The summed E-state index contributed by atoms with van der Waals surface area (Å²) < 4.78 is 10.5. The predicted molar refractivity (Wildman–Crippen MR) is 95.2 cm³/mol. The molecule has 2 aromatic rings. The molecule has 24 heavy (non-hydrogen) atoms. The molecule has 0 saturated carbocycles. The topological polar surface area (TPSA) is 52.0 Å². The smallest absolute Gasteiger partial charge is 0.279 e. The van der Waals surface area contributed by atoms with Gasteiger partial charge in [0.05, 0.1) is 25.6 Å². The van der Waals surface area contributed by atoms with E-state index in [0.29, 0.717) is 24.1 Å². The van der Waals surface area contributed by atoms with Crippen LogP contribution < -0.4 is 19.7 Å². The van der Waals surface area contributed by atoms with Gasteiger partial charge in [0.15, 0.2) is 18.0 Å². The van der Waals surface area contributed by atoms with E-state index in [1.165, 1.54) is 16.2 Å². The van der Waals surface area contributed by atoms with Gasteiger partial charge in [0.1, 0.15) is 6.04 Å². The number of ether oxygens (including phenoxy) is 2. The molecule has 2 atom stereocenters. The van der Waals surface area contributed by atoms with Gasteiger partial charge in [-0.2, -0.15) is 0 Å². The largest absolute Gasteiger partial charge is 0.493 e. The maximum Gasteiger partial charge on any atom is 0.279 e. The lowest BCUT2D eigenvalue weighted by Crippen LogP contribution is -3.11. The third-order valence-electron chi connectivity index (χ3n) is 4.43. The van der Waals surface area contributed by atoms with E-state index < -0.39 is 0 Å². The summed E-state index contributed by atoms with van der Waals surface area (Å²) in [5.74, 6) is 1.29. The molecule has 0 bridgehead atoms. The Morgan fingerprint density at radius 1 is 1.29 bits per heavy atom. The molecule has 1 amide bonds. The Kier molecular flexibility index (Phi) is 5.37. The molecule has 1 aliphatic rings. The second kappa shape index (κ2) is 7.68. The van der Waals surface area contributed by atoms with Crippen molar-refractivity contribution >= 4 is 22.9 Å². The number of benzene rings is 1. The minimum Gasteiger partial charge on any atom is -0.493 e. The first-order valence-corrected chi connectivity index (χ1v) is 8.99. The molecule has 6 heteroatoms. The third kappa shape index (κ3) is 3.71. The zero-order valence-electron chi connectivity index (χ0n) is 14.0.